The number of carbonyl (C=O) groups excluding carboxylic acids is 1. The molecule has 0 saturated carbocycles. The summed E-state index contributed by atoms with van der Waals surface area (Å²) in [7, 11) is 0. The van der Waals surface area contributed by atoms with Gasteiger partial charge in [-0.05, 0) is 68.6 Å². The molecular formula is C18H20BrNO2. The summed E-state index contributed by atoms with van der Waals surface area (Å²) in [5, 5.41) is 0. The molecule has 0 radical (unpaired) electrons. The van der Waals surface area contributed by atoms with E-state index in [1.54, 1.807) is 0 Å². The second-order valence-corrected chi connectivity index (χ2v) is 7.71. The minimum absolute atomic E-state index is 0.150. The zero-order valence-corrected chi connectivity index (χ0v) is 14.2. The highest BCUT2D eigenvalue weighted by Crippen LogP contribution is 2.40. The van der Waals surface area contributed by atoms with E-state index in [4.69, 9.17) is 4.74 Å². The molecule has 116 valence electrons. The molecule has 4 heteroatoms. The Morgan fingerprint density at radius 1 is 1.23 bits per heavy atom. The van der Waals surface area contributed by atoms with Crippen molar-refractivity contribution in [1.29, 1.82) is 0 Å². The highest BCUT2D eigenvalue weighted by atomic mass is 79.9. The molecule has 1 aromatic rings. The third-order valence-corrected chi connectivity index (χ3v) is 5.98. The number of piperidine rings is 3. The standard InChI is InChI=1S/C18H20BrNO2/c19-14-2-4-15-13(11-14)1-3-16(15)17(21)22-12-18-5-8-20(9-6-18)10-7-18/h2-4,11H,1,5-10,12H2. The van der Waals surface area contributed by atoms with Crippen LogP contribution in [0.25, 0.3) is 5.57 Å². The van der Waals surface area contributed by atoms with Gasteiger partial charge in [0.2, 0.25) is 0 Å². The van der Waals surface area contributed by atoms with Crippen LogP contribution in [-0.4, -0.2) is 37.1 Å². The summed E-state index contributed by atoms with van der Waals surface area (Å²) in [5.41, 5.74) is 3.22. The normalized spacial score (nSPS) is 29.1. The number of ether oxygens (including phenoxy) is 1. The molecule has 3 aliphatic heterocycles. The molecule has 1 aromatic carbocycles. The van der Waals surface area contributed by atoms with Gasteiger partial charge in [-0.25, -0.2) is 4.79 Å². The first kappa shape index (κ1) is 14.5. The lowest BCUT2D eigenvalue weighted by atomic mass is 9.73. The molecule has 0 spiro atoms. The quantitative estimate of drug-likeness (QED) is 0.772. The number of hydrogen-bond donors (Lipinski definition) is 0. The Kier molecular flexibility index (Phi) is 3.61. The van der Waals surface area contributed by atoms with Crippen molar-refractivity contribution in [2.24, 2.45) is 5.41 Å². The first-order chi connectivity index (χ1) is 10.7. The largest absolute Gasteiger partial charge is 0.461 e. The van der Waals surface area contributed by atoms with E-state index in [1.165, 1.54) is 24.8 Å². The minimum Gasteiger partial charge on any atom is -0.461 e. The van der Waals surface area contributed by atoms with Crippen molar-refractivity contribution in [2.75, 3.05) is 26.2 Å². The van der Waals surface area contributed by atoms with Gasteiger partial charge >= 0.3 is 5.97 Å². The molecule has 3 saturated heterocycles. The van der Waals surface area contributed by atoms with Crippen LogP contribution in [0.3, 0.4) is 0 Å². The van der Waals surface area contributed by atoms with Crippen molar-refractivity contribution in [1.82, 2.24) is 4.90 Å². The molecule has 4 aliphatic rings. The maximum absolute atomic E-state index is 12.5. The number of hydrogen-bond acceptors (Lipinski definition) is 3. The van der Waals surface area contributed by atoms with Gasteiger partial charge < -0.3 is 9.64 Å². The zero-order chi connectivity index (χ0) is 15.2. The molecular weight excluding hydrogens is 342 g/mol. The highest BCUT2D eigenvalue weighted by molar-refractivity contribution is 9.10. The molecule has 3 fully saturated rings. The van der Waals surface area contributed by atoms with Gasteiger partial charge in [-0.1, -0.05) is 28.1 Å². The summed E-state index contributed by atoms with van der Waals surface area (Å²) < 4.78 is 6.79. The molecule has 0 atom stereocenters. The van der Waals surface area contributed by atoms with Gasteiger partial charge in [0.05, 0.1) is 12.2 Å². The summed E-state index contributed by atoms with van der Waals surface area (Å²) in [4.78, 5) is 15.0. The molecule has 0 N–H and O–H groups in total. The fourth-order valence-corrected chi connectivity index (χ4v) is 4.33. The van der Waals surface area contributed by atoms with Crippen LogP contribution in [0.1, 0.15) is 30.4 Å². The lowest BCUT2D eigenvalue weighted by Gasteiger charge is -2.47. The average Bonchev–Trinajstić information content (AvgIpc) is 2.97. The van der Waals surface area contributed by atoms with Crippen LogP contribution in [-0.2, 0) is 16.0 Å². The minimum atomic E-state index is -0.150. The number of fused-ring (bicyclic) bond motifs is 4. The maximum Gasteiger partial charge on any atom is 0.338 e. The van der Waals surface area contributed by atoms with E-state index < -0.39 is 0 Å². The fraction of sp³-hybridized carbons (Fsp3) is 0.500. The molecule has 0 aromatic heterocycles. The van der Waals surface area contributed by atoms with E-state index in [2.05, 4.69) is 26.9 Å². The fourth-order valence-electron chi connectivity index (χ4n) is 3.92. The molecule has 1 aliphatic carbocycles. The molecule has 3 nitrogen and oxygen atoms in total. The van der Waals surface area contributed by atoms with Crippen LogP contribution in [0, 0.1) is 5.41 Å². The molecule has 5 rings (SSSR count). The second kappa shape index (κ2) is 5.50. The monoisotopic (exact) mass is 361 g/mol. The van der Waals surface area contributed by atoms with Crippen molar-refractivity contribution in [2.45, 2.75) is 25.7 Å². The second-order valence-electron chi connectivity index (χ2n) is 6.79. The Morgan fingerprint density at radius 3 is 2.68 bits per heavy atom. The summed E-state index contributed by atoms with van der Waals surface area (Å²) in [5.74, 6) is -0.150. The predicted molar refractivity (Wildman–Crippen MR) is 89.5 cm³/mol. The lowest BCUT2D eigenvalue weighted by molar-refractivity contribution is -0.143. The molecule has 0 unspecified atom stereocenters. The van der Waals surface area contributed by atoms with Crippen LogP contribution in [0.5, 0.6) is 0 Å². The van der Waals surface area contributed by atoms with E-state index in [1.807, 2.05) is 18.2 Å². The summed E-state index contributed by atoms with van der Waals surface area (Å²) in [6.45, 7) is 4.08. The molecule has 3 heterocycles. The SMILES string of the molecule is O=C(OCC12CCN(CC1)CC2)C1=CCc2cc(Br)ccc21. The number of allylic oxidation sites excluding steroid dienone is 1. The van der Waals surface area contributed by atoms with Crippen LogP contribution >= 0.6 is 15.9 Å². The van der Waals surface area contributed by atoms with Crippen molar-refractivity contribution in [3.63, 3.8) is 0 Å². The topological polar surface area (TPSA) is 29.5 Å². The first-order valence-electron chi connectivity index (χ1n) is 8.04. The van der Waals surface area contributed by atoms with Crippen LogP contribution < -0.4 is 0 Å². The maximum atomic E-state index is 12.5. The van der Waals surface area contributed by atoms with Crippen LogP contribution in [0.15, 0.2) is 28.7 Å². The van der Waals surface area contributed by atoms with E-state index in [0.717, 1.165) is 41.7 Å². The van der Waals surface area contributed by atoms with E-state index in [-0.39, 0.29) is 11.4 Å². The van der Waals surface area contributed by atoms with Crippen molar-refractivity contribution >= 4 is 27.5 Å². The van der Waals surface area contributed by atoms with Gasteiger partial charge in [0.1, 0.15) is 0 Å². The Balaban J connectivity index is 1.44. The van der Waals surface area contributed by atoms with Crippen molar-refractivity contribution < 1.29 is 9.53 Å². The van der Waals surface area contributed by atoms with Crippen molar-refractivity contribution in [3.05, 3.63) is 39.9 Å². The third kappa shape index (κ3) is 2.52. The van der Waals surface area contributed by atoms with Crippen LogP contribution in [0.2, 0.25) is 0 Å². The third-order valence-electron chi connectivity index (χ3n) is 5.49. The summed E-state index contributed by atoms with van der Waals surface area (Å²) >= 11 is 3.48. The Labute approximate surface area is 139 Å². The van der Waals surface area contributed by atoms with Gasteiger partial charge in [0.15, 0.2) is 0 Å². The van der Waals surface area contributed by atoms with Gasteiger partial charge in [-0.2, -0.15) is 0 Å². The highest BCUT2D eigenvalue weighted by Gasteiger charge is 2.40. The Bertz CT molecular complexity index is 631. The number of rotatable bonds is 3. The lowest BCUT2D eigenvalue weighted by Crippen LogP contribution is -2.50. The van der Waals surface area contributed by atoms with E-state index in [0.29, 0.717) is 6.61 Å². The number of benzene rings is 1. The van der Waals surface area contributed by atoms with Gasteiger partial charge in [0, 0.05) is 9.89 Å². The number of nitrogens with zero attached hydrogens (tertiary/aromatic N) is 1. The number of esters is 1. The van der Waals surface area contributed by atoms with Gasteiger partial charge in [-0.15, -0.1) is 0 Å². The Hall–Kier alpha value is -1.13. The number of halogens is 1. The van der Waals surface area contributed by atoms with Gasteiger partial charge in [-0.3, -0.25) is 0 Å². The average molecular weight is 362 g/mol. The Morgan fingerprint density at radius 2 is 1.95 bits per heavy atom. The predicted octanol–water partition coefficient (Wildman–Crippen LogP) is 3.42. The number of carbonyl (C=O) groups is 1. The van der Waals surface area contributed by atoms with Gasteiger partial charge in [0.25, 0.3) is 0 Å². The zero-order valence-electron chi connectivity index (χ0n) is 12.6. The molecule has 22 heavy (non-hydrogen) atoms. The van der Waals surface area contributed by atoms with E-state index >= 15 is 0 Å². The molecule has 2 bridgehead atoms. The van der Waals surface area contributed by atoms with Crippen LogP contribution in [0.4, 0.5) is 0 Å². The smallest absolute Gasteiger partial charge is 0.338 e. The van der Waals surface area contributed by atoms with E-state index in [9.17, 15) is 4.79 Å². The first-order valence-corrected chi connectivity index (χ1v) is 8.83. The summed E-state index contributed by atoms with van der Waals surface area (Å²) in [6.07, 6.45) is 6.33. The van der Waals surface area contributed by atoms with Crippen molar-refractivity contribution in [3.8, 4) is 0 Å². The summed E-state index contributed by atoms with van der Waals surface area (Å²) in [6, 6.07) is 6.08. The molecule has 0 amide bonds.